The maximum absolute atomic E-state index is 13.0. The van der Waals surface area contributed by atoms with Gasteiger partial charge in [0.2, 0.25) is 0 Å². The van der Waals surface area contributed by atoms with Gasteiger partial charge in [-0.05, 0) is 176 Å². The Morgan fingerprint density at radius 2 is 0.860 bits per heavy atom. The lowest BCUT2D eigenvalue weighted by atomic mass is 9.82. The Morgan fingerprint density at radius 1 is 0.500 bits per heavy atom. The molecule has 21 nitrogen and oxygen atoms in total. The van der Waals surface area contributed by atoms with Crippen LogP contribution in [-0.4, -0.2) is 165 Å². The molecule has 1 N–H and O–H groups in total. The quantitative estimate of drug-likeness (QED) is 0.0653. The molecule has 100 heavy (non-hydrogen) atoms. The van der Waals surface area contributed by atoms with Gasteiger partial charge in [-0.1, -0.05) is 42.5 Å². The molecule has 0 unspecified atom stereocenters. The Bertz CT molecular complexity index is 4170. The van der Waals surface area contributed by atoms with E-state index in [2.05, 4.69) is 10.3 Å². The van der Waals surface area contributed by atoms with Crippen LogP contribution in [0.3, 0.4) is 0 Å². The molecule has 4 aliphatic rings. The first kappa shape index (κ1) is 78.6. The van der Waals surface area contributed by atoms with Crippen LogP contribution in [0.2, 0.25) is 0 Å². The van der Waals surface area contributed by atoms with Crippen molar-refractivity contribution in [1.29, 1.82) is 0 Å². The third kappa shape index (κ3) is 18.2. The van der Waals surface area contributed by atoms with Gasteiger partial charge in [0.15, 0.2) is 0 Å². The molecule has 0 bridgehead atoms. The molecule has 4 heterocycles. The van der Waals surface area contributed by atoms with E-state index >= 15 is 0 Å². The number of likely N-dealkylation sites (tertiary alicyclic amines) is 2. The van der Waals surface area contributed by atoms with Gasteiger partial charge in [0.25, 0.3) is 11.8 Å². The number of phenolic OH excluding ortho intramolecular Hbond substituents is 1. The van der Waals surface area contributed by atoms with E-state index in [-0.39, 0.29) is 23.7 Å². The van der Waals surface area contributed by atoms with E-state index in [0.717, 1.165) is 41.0 Å². The van der Waals surface area contributed by atoms with Crippen molar-refractivity contribution in [2.45, 2.75) is 134 Å². The SMILES string of the molecule is CCN(CC)C(=O)c1ccc(C2=CC3(CCN(C(=O)OC(C)(C)C)CC3)Oc3ccc(O)cc32)cc1.CCN(CC)C(=O)c1ccc(C2=CC3(CCN(C(=O)OC(C)(C)C)CC3)Oc3ccc(OS(=O)(=O)C(F)(F)F)cc32)cc1.O=S(=O)(N(c1ccccc1)S(=O)(=O)C(F)(F)F)C(F)(F)F. The lowest BCUT2D eigenvalue weighted by molar-refractivity contribution is -0.0501. The third-order valence-corrected chi connectivity index (χ3v) is 20.5. The summed E-state index contributed by atoms with van der Waals surface area (Å²) < 4.78 is 208. The van der Waals surface area contributed by atoms with Crippen molar-refractivity contribution in [2.75, 3.05) is 56.1 Å². The zero-order valence-electron chi connectivity index (χ0n) is 56.0. The number of hydrogen-bond acceptors (Lipinski definition) is 16. The second kappa shape index (κ2) is 29.8. The number of amides is 4. The minimum atomic E-state index is -6.81. The van der Waals surface area contributed by atoms with Crippen molar-refractivity contribution >= 4 is 71.0 Å². The Hall–Kier alpha value is -8.72. The van der Waals surface area contributed by atoms with Crippen molar-refractivity contribution < 1.29 is 112 Å². The molecular weight excluding hydrogens is 1400 g/mol. The molecule has 9 rings (SSSR count). The monoisotopic (exact) mass is 1470 g/mol. The number of phenols is 1. The first-order valence-electron chi connectivity index (χ1n) is 31.3. The van der Waals surface area contributed by atoms with E-state index in [1.54, 1.807) is 82.8 Å². The summed E-state index contributed by atoms with van der Waals surface area (Å²) >= 11 is 0. The smallest absolute Gasteiger partial charge is 0.508 e. The zero-order valence-corrected chi connectivity index (χ0v) is 58.5. The number of piperidine rings is 2. The predicted octanol–water partition coefficient (Wildman–Crippen LogP) is 13.7. The summed E-state index contributed by atoms with van der Waals surface area (Å²) in [5, 5.41) is 10.2. The third-order valence-electron chi connectivity index (χ3n) is 15.9. The minimum Gasteiger partial charge on any atom is -0.508 e. The Labute approximate surface area is 573 Å². The molecule has 5 aromatic rings. The highest BCUT2D eigenvalue weighted by molar-refractivity contribution is 8.11. The van der Waals surface area contributed by atoms with Gasteiger partial charge in [-0.25, -0.2) is 9.59 Å². The van der Waals surface area contributed by atoms with Gasteiger partial charge in [-0.15, -0.1) is 3.71 Å². The second-order valence-electron chi connectivity index (χ2n) is 25.2. The maximum atomic E-state index is 13.0. The summed E-state index contributed by atoms with van der Waals surface area (Å²) in [4.78, 5) is 57.6. The fourth-order valence-corrected chi connectivity index (χ4v) is 14.1. The highest BCUT2D eigenvalue weighted by Gasteiger charge is 2.62. The highest BCUT2D eigenvalue weighted by Crippen LogP contribution is 2.48. The molecule has 33 heteroatoms. The van der Waals surface area contributed by atoms with Gasteiger partial charge in [0, 0.05) is 100 Å². The normalized spacial score (nSPS) is 16.0. The first-order valence-corrected chi connectivity index (χ1v) is 35.6. The molecule has 546 valence electrons. The van der Waals surface area contributed by atoms with Crippen molar-refractivity contribution in [3.63, 3.8) is 0 Å². The lowest BCUT2D eigenvalue weighted by Crippen LogP contribution is -2.50. The summed E-state index contributed by atoms with van der Waals surface area (Å²) in [6.07, 6.45) is 5.24. The van der Waals surface area contributed by atoms with Crippen LogP contribution in [0.15, 0.2) is 127 Å². The van der Waals surface area contributed by atoms with Crippen LogP contribution in [0.1, 0.15) is 138 Å². The number of carbonyl (C=O) groups is 4. The standard InChI is InChI=1S/C30H35F3N2O7S.C29H36N2O5.C8H5F6NO4S2/c1-6-34(7-2)26(36)21-10-8-20(9-11-21)24-19-29(14-16-35(17-15-29)27(37)41-28(3,4)5)40-25-13-12-22(18-23(24)25)42-43(38,39)30(31,32)33;1-6-30(7-2)26(33)21-10-8-20(9-11-21)24-19-29(35-25-13-12-22(32)18-23(24)25)14-16-31(17-15-29)27(34)36-28(3,4)5;9-7(10,11)20(16,17)15(6-4-2-1-3-5-6)21(18,19)8(12,13)14/h8-13,18-19H,6-7,14-17H2,1-5H3;8-13,18-19,32H,6-7,14-17H2,1-5H3;1-5H. The Balaban J connectivity index is 0.000000223. The summed E-state index contributed by atoms with van der Waals surface area (Å²) in [7, 11) is -19.5. The Kier molecular flexibility index (Phi) is 23.5. The van der Waals surface area contributed by atoms with Crippen LogP contribution in [0.25, 0.3) is 11.1 Å². The molecule has 0 atom stereocenters. The molecule has 0 aromatic heterocycles. The number of rotatable bonds is 13. The maximum Gasteiger partial charge on any atom is 0.534 e. The predicted molar refractivity (Wildman–Crippen MR) is 351 cm³/mol. The number of alkyl halides is 9. The van der Waals surface area contributed by atoms with Crippen LogP contribution in [0.5, 0.6) is 23.0 Å². The average Bonchev–Trinajstić information content (AvgIpc) is 0.749. The molecule has 2 saturated heterocycles. The topological polar surface area (TPSA) is 253 Å². The van der Waals surface area contributed by atoms with Crippen molar-refractivity contribution in [3.05, 3.63) is 161 Å². The van der Waals surface area contributed by atoms with E-state index in [0.29, 0.717) is 130 Å². The molecule has 4 amide bonds. The van der Waals surface area contributed by atoms with Crippen molar-refractivity contribution in [3.8, 4) is 23.0 Å². The number of carbonyl (C=O) groups excluding carboxylic acids is 4. The van der Waals surface area contributed by atoms with E-state index in [1.165, 1.54) is 12.1 Å². The van der Waals surface area contributed by atoms with E-state index in [4.69, 9.17) is 18.9 Å². The number of anilines is 1. The molecule has 2 fully saturated rings. The average molecular weight is 1470 g/mol. The number of halogens is 9. The summed E-state index contributed by atoms with van der Waals surface area (Å²) in [6, 6.07) is 27.0. The zero-order chi connectivity index (χ0) is 74.6. The molecule has 0 aliphatic carbocycles. The van der Waals surface area contributed by atoms with E-state index in [9.17, 15) is 89.1 Å². The van der Waals surface area contributed by atoms with Gasteiger partial charge in [0.1, 0.15) is 45.4 Å². The van der Waals surface area contributed by atoms with Gasteiger partial charge < -0.3 is 47.8 Å². The lowest BCUT2D eigenvalue weighted by Gasteiger charge is -2.43. The summed E-state index contributed by atoms with van der Waals surface area (Å²) in [5.41, 5.74) is -16.7. The number of fused-ring (bicyclic) bond motifs is 2. The van der Waals surface area contributed by atoms with Gasteiger partial charge >= 0.3 is 58.9 Å². The van der Waals surface area contributed by atoms with Crippen LogP contribution < -0.4 is 17.4 Å². The van der Waals surface area contributed by atoms with Gasteiger partial charge in [0.05, 0.1) is 5.69 Å². The van der Waals surface area contributed by atoms with E-state index < -0.39 is 90.3 Å². The molecular formula is C67H76F9N5O16S3. The van der Waals surface area contributed by atoms with Gasteiger partial charge in [-0.2, -0.15) is 64.8 Å². The molecule has 4 aliphatic heterocycles. The Morgan fingerprint density at radius 3 is 1.20 bits per heavy atom. The number of ether oxygens (including phenoxy) is 4. The summed E-state index contributed by atoms with van der Waals surface area (Å²) in [6.45, 7) is 22.7. The van der Waals surface area contributed by atoms with Crippen molar-refractivity contribution in [2.24, 2.45) is 0 Å². The number of sulfonamides is 2. The molecule has 5 aromatic carbocycles. The minimum absolute atomic E-state index is 0.0107. The number of benzene rings is 5. The number of nitrogens with zero attached hydrogens (tertiary/aromatic N) is 5. The fourth-order valence-electron chi connectivity index (χ4n) is 10.9. The first-order chi connectivity index (χ1) is 46.2. The highest BCUT2D eigenvalue weighted by atomic mass is 32.3. The molecule has 2 spiro atoms. The van der Waals surface area contributed by atoms with E-state index in [1.807, 2.05) is 78.8 Å². The van der Waals surface area contributed by atoms with Crippen LogP contribution in [0, 0.1) is 0 Å². The largest absolute Gasteiger partial charge is 0.534 e. The molecule has 0 radical (unpaired) electrons. The van der Waals surface area contributed by atoms with Crippen LogP contribution in [0.4, 0.5) is 54.8 Å². The van der Waals surface area contributed by atoms with Crippen LogP contribution in [-0.2, 0) is 39.6 Å². The van der Waals surface area contributed by atoms with Crippen LogP contribution >= 0.6 is 0 Å². The fraction of sp³-hybridized carbons (Fsp3) is 0.433. The number of para-hydroxylation sites is 1. The van der Waals surface area contributed by atoms with Crippen molar-refractivity contribution in [1.82, 2.24) is 19.6 Å². The molecule has 0 saturated carbocycles. The number of hydrogen-bond donors (Lipinski definition) is 1. The second-order valence-corrected chi connectivity index (χ2v) is 30.6. The summed E-state index contributed by atoms with van der Waals surface area (Å²) in [5.74, 6) is 0.498. The van der Waals surface area contributed by atoms with Gasteiger partial charge in [-0.3, -0.25) is 9.59 Å². The number of aromatic hydroxyl groups is 1.